The molecule has 0 aliphatic rings. The van der Waals surface area contributed by atoms with Gasteiger partial charge in [-0.3, -0.25) is 0 Å². The molecule has 0 aromatic heterocycles. The van der Waals surface area contributed by atoms with Crippen LogP contribution in [-0.2, 0) is 0 Å². The fourth-order valence-electron chi connectivity index (χ4n) is 2.49. The van der Waals surface area contributed by atoms with Gasteiger partial charge in [0.15, 0.2) is 5.11 Å². The van der Waals surface area contributed by atoms with Crippen LogP contribution in [0.2, 0.25) is 0 Å². The molecule has 0 heterocycles. The van der Waals surface area contributed by atoms with Gasteiger partial charge in [-0.15, -0.1) is 0 Å². The molecule has 0 saturated carbocycles. The average Bonchev–Trinajstić information content (AvgIpc) is 2.49. The van der Waals surface area contributed by atoms with Gasteiger partial charge in [-0.25, -0.2) is 0 Å². The summed E-state index contributed by atoms with van der Waals surface area (Å²) in [7, 11) is 0. The molecule has 0 bridgehead atoms. The van der Waals surface area contributed by atoms with E-state index in [-0.39, 0.29) is 6.04 Å². The van der Waals surface area contributed by atoms with Crippen LogP contribution in [0.1, 0.15) is 41.6 Å². The molecular formula is C19H24N2S. The van der Waals surface area contributed by atoms with Gasteiger partial charge in [0.2, 0.25) is 0 Å². The van der Waals surface area contributed by atoms with E-state index in [1.54, 1.807) is 0 Å². The lowest BCUT2D eigenvalue weighted by molar-refractivity contribution is 0.629. The van der Waals surface area contributed by atoms with E-state index in [4.69, 9.17) is 12.2 Å². The lowest BCUT2D eigenvalue weighted by Crippen LogP contribution is -2.32. The minimum absolute atomic E-state index is 0.228. The molecular weight excluding hydrogens is 288 g/mol. The van der Waals surface area contributed by atoms with Gasteiger partial charge in [0.25, 0.3) is 0 Å². The molecule has 0 amide bonds. The average molecular weight is 312 g/mol. The van der Waals surface area contributed by atoms with Gasteiger partial charge < -0.3 is 10.6 Å². The molecule has 22 heavy (non-hydrogen) atoms. The number of rotatable bonds is 4. The summed E-state index contributed by atoms with van der Waals surface area (Å²) in [6.07, 6.45) is 0.984. The Hall–Kier alpha value is -1.87. The van der Waals surface area contributed by atoms with Gasteiger partial charge in [0.1, 0.15) is 0 Å². The lowest BCUT2D eigenvalue weighted by atomic mass is 10.0. The number of nitrogens with one attached hydrogen (secondary N) is 2. The number of aryl methyl sites for hydroxylation is 3. The van der Waals surface area contributed by atoms with Crippen LogP contribution in [0.25, 0.3) is 0 Å². The normalized spacial score (nSPS) is 11.8. The second-order valence-corrected chi connectivity index (χ2v) is 6.20. The molecule has 0 radical (unpaired) electrons. The lowest BCUT2D eigenvalue weighted by Gasteiger charge is -2.21. The van der Waals surface area contributed by atoms with Crippen molar-refractivity contribution >= 4 is 23.0 Å². The molecule has 2 nitrogen and oxygen atoms in total. The predicted octanol–water partition coefficient (Wildman–Crippen LogP) is 5.05. The van der Waals surface area contributed by atoms with E-state index < -0.39 is 0 Å². The van der Waals surface area contributed by atoms with E-state index in [0.717, 1.165) is 12.1 Å². The fraction of sp³-hybridized carbons (Fsp3) is 0.316. The Bertz CT molecular complexity index is 647. The third-order valence-corrected chi connectivity index (χ3v) is 4.04. The van der Waals surface area contributed by atoms with Crippen LogP contribution in [0, 0.1) is 20.8 Å². The Morgan fingerprint density at radius 3 is 2.23 bits per heavy atom. The Labute approximate surface area is 139 Å². The molecule has 116 valence electrons. The summed E-state index contributed by atoms with van der Waals surface area (Å²) >= 11 is 5.47. The van der Waals surface area contributed by atoms with Crippen molar-refractivity contribution in [1.82, 2.24) is 5.32 Å². The van der Waals surface area contributed by atoms with Gasteiger partial charge >= 0.3 is 0 Å². The maximum absolute atomic E-state index is 5.47. The third kappa shape index (κ3) is 4.31. The van der Waals surface area contributed by atoms with Crippen molar-refractivity contribution in [3.05, 3.63) is 64.7 Å². The SMILES string of the molecule is CC[C@H](NC(=S)Nc1ccc(C)cc1C)c1ccc(C)cc1. The standard InChI is InChI=1S/C19H24N2S/c1-5-17(16-9-6-13(2)7-10-16)20-19(22)21-18-11-8-14(3)12-15(18)4/h6-12,17H,5H2,1-4H3,(H2,20,21,22)/t17-/m0/s1. The molecule has 0 aliphatic carbocycles. The van der Waals surface area contributed by atoms with Crippen LogP contribution < -0.4 is 10.6 Å². The largest absolute Gasteiger partial charge is 0.356 e. The summed E-state index contributed by atoms with van der Waals surface area (Å²) in [6.45, 7) is 8.45. The van der Waals surface area contributed by atoms with Crippen LogP contribution in [0.3, 0.4) is 0 Å². The first kappa shape index (κ1) is 16.5. The number of hydrogen-bond donors (Lipinski definition) is 2. The highest BCUT2D eigenvalue weighted by Crippen LogP contribution is 2.19. The maximum Gasteiger partial charge on any atom is 0.171 e. The molecule has 0 fully saturated rings. The molecule has 0 saturated heterocycles. The van der Waals surface area contributed by atoms with Crippen molar-refractivity contribution in [3.63, 3.8) is 0 Å². The van der Waals surface area contributed by atoms with Crippen molar-refractivity contribution in [2.24, 2.45) is 0 Å². The summed E-state index contributed by atoms with van der Waals surface area (Å²) in [6, 6.07) is 15.2. The van der Waals surface area contributed by atoms with Crippen LogP contribution in [0.5, 0.6) is 0 Å². The summed E-state index contributed by atoms with van der Waals surface area (Å²) in [5.41, 5.74) is 6.05. The monoisotopic (exact) mass is 312 g/mol. The summed E-state index contributed by atoms with van der Waals surface area (Å²) in [4.78, 5) is 0. The molecule has 0 spiro atoms. The highest BCUT2D eigenvalue weighted by atomic mass is 32.1. The number of hydrogen-bond acceptors (Lipinski definition) is 1. The van der Waals surface area contributed by atoms with Crippen molar-refractivity contribution in [2.45, 2.75) is 40.2 Å². The quantitative estimate of drug-likeness (QED) is 0.773. The van der Waals surface area contributed by atoms with Crippen molar-refractivity contribution < 1.29 is 0 Å². The first-order valence-corrected chi connectivity index (χ1v) is 8.11. The Morgan fingerprint density at radius 1 is 1.00 bits per heavy atom. The zero-order chi connectivity index (χ0) is 16.1. The van der Waals surface area contributed by atoms with E-state index >= 15 is 0 Å². The first-order valence-electron chi connectivity index (χ1n) is 7.71. The predicted molar refractivity (Wildman–Crippen MR) is 99.5 cm³/mol. The molecule has 1 atom stereocenters. The zero-order valence-electron chi connectivity index (χ0n) is 13.7. The smallest absolute Gasteiger partial charge is 0.171 e. The molecule has 2 rings (SSSR count). The third-order valence-electron chi connectivity index (χ3n) is 3.82. The number of thiocarbonyl (C=S) groups is 1. The van der Waals surface area contributed by atoms with E-state index in [2.05, 4.69) is 80.8 Å². The summed E-state index contributed by atoms with van der Waals surface area (Å²) in [5, 5.41) is 7.38. The minimum Gasteiger partial charge on any atom is -0.356 e. The summed E-state index contributed by atoms with van der Waals surface area (Å²) < 4.78 is 0. The van der Waals surface area contributed by atoms with Gasteiger partial charge in [-0.05, 0) is 56.6 Å². The topological polar surface area (TPSA) is 24.1 Å². The van der Waals surface area contributed by atoms with Crippen LogP contribution in [0.15, 0.2) is 42.5 Å². The molecule has 2 N–H and O–H groups in total. The Balaban J connectivity index is 2.04. The summed E-state index contributed by atoms with van der Waals surface area (Å²) in [5.74, 6) is 0. The molecule has 0 aliphatic heterocycles. The Morgan fingerprint density at radius 2 is 1.64 bits per heavy atom. The molecule has 0 unspecified atom stereocenters. The molecule has 2 aromatic rings. The van der Waals surface area contributed by atoms with Gasteiger partial charge in [0, 0.05) is 5.69 Å². The van der Waals surface area contributed by atoms with Gasteiger partial charge in [-0.2, -0.15) is 0 Å². The van der Waals surface area contributed by atoms with Crippen molar-refractivity contribution in [3.8, 4) is 0 Å². The number of benzene rings is 2. The second-order valence-electron chi connectivity index (χ2n) is 5.79. The van der Waals surface area contributed by atoms with Gasteiger partial charge in [0.05, 0.1) is 6.04 Å². The van der Waals surface area contributed by atoms with Crippen LogP contribution in [-0.4, -0.2) is 5.11 Å². The second kappa shape index (κ2) is 7.41. The van der Waals surface area contributed by atoms with Crippen molar-refractivity contribution in [2.75, 3.05) is 5.32 Å². The van der Waals surface area contributed by atoms with E-state index in [1.165, 1.54) is 22.3 Å². The maximum atomic E-state index is 5.47. The minimum atomic E-state index is 0.228. The van der Waals surface area contributed by atoms with Gasteiger partial charge in [-0.1, -0.05) is 54.4 Å². The highest BCUT2D eigenvalue weighted by molar-refractivity contribution is 7.80. The van der Waals surface area contributed by atoms with Crippen LogP contribution >= 0.6 is 12.2 Å². The number of anilines is 1. The van der Waals surface area contributed by atoms with Crippen LogP contribution in [0.4, 0.5) is 5.69 Å². The van der Waals surface area contributed by atoms with E-state index in [9.17, 15) is 0 Å². The van der Waals surface area contributed by atoms with Crippen molar-refractivity contribution in [1.29, 1.82) is 0 Å². The van der Waals surface area contributed by atoms with E-state index in [1.807, 2.05) is 0 Å². The first-order chi connectivity index (χ1) is 10.5. The van der Waals surface area contributed by atoms with E-state index in [0.29, 0.717) is 5.11 Å². The zero-order valence-corrected chi connectivity index (χ0v) is 14.6. The fourth-order valence-corrected chi connectivity index (χ4v) is 2.74. The molecule has 3 heteroatoms. The highest BCUT2D eigenvalue weighted by Gasteiger charge is 2.11. The Kier molecular flexibility index (Phi) is 5.56. The molecule has 2 aromatic carbocycles.